The van der Waals surface area contributed by atoms with Crippen molar-refractivity contribution in [3.8, 4) is 11.1 Å². The summed E-state index contributed by atoms with van der Waals surface area (Å²) >= 11 is 2.01. The first-order valence-electron chi connectivity index (χ1n) is 8.13. The van der Waals surface area contributed by atoms with Gasteiger partial charge in [-0.15, -0.1) is 0 Å². The molecule has 0 spiro atoms. The molecule has 0 bridgehead atoms. The minimum Gasteiger partial charge on any atom is -0.336 e. The zero-order valence-corrected chi connectivity index (χ0v) is 14.1. The van der Waals surface area contributed by atoms with Crippen LogP contribution in [0.2, 0.25) is 0 Å². The summed E-state index contributed by atoms with van der Waals surface area (Å²) < 4.78 is 2.18. The van der Waals surface area contributed by atoms with Crippen molar-refractivity contribution in [3.63, 3.8) is 0 Å². The van der Waals surface area contributed by atoms with Crippen LogP contribution in [0.4, 0.5) is 0 Å². The average Bonchev–Trinajstić information content (AvgIpc) is 3.20. The summed E-state index contributed by atoms with van der Waals surface area (Å²) in [6, 6.07) is 15.8. The van der Waals surface area contributed by atoms with Gasteiger partial charge < -0.3 is 4.57 Å². The van der Waals surface area contributed by atoms with Crippen LogP contribution in [0.3, 0.4) is 0 Å². The molecule has 1 aliphatic carbocycles. The second-order valence-corrected chi connectivity index (χ2v) is 7.43. The van der Waals surface area contributed by atoms with E-state index in [9.17, 15) is 0 Å². The Morgan fingerprint density at radius 2 is 2.00 bits per heavy atom. The Morgan fingerprint density at radius 3 is 2.83 bits per heavy atom. The number of imidazole rings is 1. The van der Waals surface area contributed by atoms with Gasteiger partial charge in [0.2, 0.25) is 0 Å². The van der Waals surface area contributed by atoms with Gasteiger partial charge in [0.25, 0.3) is 0 Å². The highest BCUT2D eigenvalue weighted by Crippen LogP contribution is 2.39. The number of rotatable bonds is 5. The van der Waals surface area contributed by atoms with Crippen molar-refractivity contribution >= 4 is 11.8 Å². The summed E-state index contributed by atoms with van der Waals surface area (Å²) in [6.07, 6.45) is 6.87. The van der Waals surface area contributed by atoms with Crippen LogP contribution in [0.25, 0.3) is 11.1 Å². The zero-order chi connectivity index (χ0) is 15.6. The Kier molecular flexibility index (Phi) is 3.96. The maximum Gasteiger partial charge on any atom is 0.0946 e. The van der Waals surface area contributed by atoms with Crippen molar-refractivity contribution in [2.75, 3.05) is 5.75 Å². The van der Waals surface area contributed by atoms with Gasteiger partial charge in [-0.25, -0.2) is 4.98 Å². The summed E-state index contributed by atoms with van der Waals surface area (Å²) in [5.41, 5.74) is 7.16. The predicted molar refractivity (Wildman–Crippen MR) is 97.8 cm³/mol. The molecule has 1 atom stereocenters. The molecule has 3 aromatic rings. The van der Waals surface area contributed by atoms with Crippen molar-refractivity contribution < 1.29 is 0 Å². The smallest absolute Gasteiger partial charge is 0.0946 e. The third-order valence-corrected chi connectivity index (χ3v) is 5.65. The number of hydrogen-bond acceptors (Lipinski definition) is 2. The van der Waals surface area contributed by atoms with E-state index in [1.165, 1.54) is 27.8 Å². The Hall–Kier alpha value is -2.00. The molecule has 1 aromatic heterocycles. The van der Waals surface area contributed by atoms with Gasteiger partial charge in [0, 0.05) is 24.2 Å². The predicted octanol–water partition coefficient (Wildman–Crippen LogP) is 4.95. The first-order valence-corrected chi connectivity index (χ1v) is 9.18. The van der Waals surface area contributed by atoms with Gasteiger partial charge in [-0.05, 0) is 40.0 Å². The van der Waals surface area contributed by atoms with E-state index < -0.39 is 0 Å². The van der Waals surface area contributed by atoms with Crippen LogP contribution < -0.4 is 0 Å². The highest BCUT2D eigenvalue weighted by Gasteiger charge is 2.20. The highest BCUT2D eigenvalue weighted by atomic mass is 32.2. The van der Waals surface area contributed by atoms with Crippen LogP contribution in [0.5, 0.6) is 0 Å². The number of benzene rings is 2. The molecule has 23 heavy (non-hydrogen) atoms. The first-order chi connectivity index (χ1) is 11.3. The monoisotopic (exact) mass is 320 g/mol. The van der Waals surface area contributed by atoms with Crippen LogP contribution in [0, 0.1) is 0 Å². The maximum absolute atomic E-state index is 4.17. The van der Waals surface area contributed by atoms with Crippen LogP contribution in [0.1, 0.15) is 28.9 Å². The molecule has 0 saturated carbocycles. The van der Waals surface area contributed by atoms with Crippen molar-refractivity contribution in [2.45, 2.75) is 25.1 Å². The van der Waals surface area contributed by atoms with E-state index in [1.54, 1.807) is 0 Å². The molecule has 1 aliphatic rings. The summed E-state index contributed by atoms with van der Waals surface area (Å²) in [6.45, 7) is 3.21. The van der Waals surface area contributed by atoms with E-state index in [2.05, 4.69) is 58.9 Å². The Labute approximate surface area is 141 Å². The number of nitrogens with zero attached hydrogens (tertiary/aromatic N) is 2. The fraction of sp³-hybridized carbons (Fsp3) is 0.250. The van der Waals surface area contributed by atoms with E-state index in [0.29, 0.717) is 5.25 Å². The lowest BCUT2D eigenvalue weighted by Crippen LogP contribution is -2.05. The Bertz CT molecular complexity index is 808. The molecule has 0 aliphatic heterocycles. The number of fused-ring (bicyclic) bond motifs is 3. The minimum absolute atomic E-state index is 0.475. The molecule has 2 aromatic carbocycles. The molecule has 4 rings (SSSR count). The molecule has 2 nitrogen and oxygen atoms in total. The van der Waals surface area contributed by atoms with E-state index in [0.717, 1.165) is 18.7 Å². The van der Waals surface area contributed by atoms with Gasteiger partial charge in [0.05, 0.1) is 6.33 Å². The van der Waals surface area contributed by atoms with E-state index in [4.69, 9.17) is 0 Å². The second kappa shape index (κ2) is 6.25. The van der Waals surface area contributed by atoms with Crippen LogP contribution in [-0.2, 0) is 13.0 Å². The summed E-state index contributed by atoms with van der Waals surface area (Å²) in [7, 11) is 0. The zero-order valence-electron chi connectivity index (χ0n) is 13.3. The number of hydrogen-bond donors (Lipinski definition) is 0. The largest absolute Gasteiger partial charge is 0.336 e. The van der Waals surface area contributed by atoms with Crippen LogP contribution >= 0.6 is 11.8 Å². The van der Waals surface area contributed by atoms with Gasteiger partial charge in [0.1, 0.15) is 0 Å². The van der Waals surface area contributed by atoms with Crippen LogP contribution in [0.15, 0.2) is 61.2 Å². The fourth-order valence-corrected chi connectivity index (χ4v) is 4.43. The molecule has 116 valence electrons. The molecular weight excluding hydrogens is 300 g/mol. The van der Waals surface area contributed by atoms with Crippen molar-refractivity contribution in [3.05, 3.63) is 77.9 Å². The fourth-order valence-electron chi connectivity index (χ4n) is 3.41. The van der Waals surface area contributed by atoms with Gasteiger partial charge in [0.15, 0.2) is 0 Å². The van der Waals surface area contributed by atoms with E-state index in [-0.39, 0.29) is 0 Å². The van der Waals surface area contributed by atoms with Crippen molar-refractivity contribution in [1.29, 1.82) is 0 Å². The van der Waals surface area contributed by atoms with E-state index >= 15 is 0 Å². The maximum atomic E-state index is 4.17. The molecule has 0 radical (unpaired) electrons. The van der Waals surface area contributed by atoms with Crippen molar-refractivity contribution in [1.82, 2.24) is 9.55 Å². The molecular formula is C20H20N2S. The minimum atomic E-state index is 0.475. The summed E-state index contributed by atoms with van der Waals surface area (Å²) in [5.74, 6) is 1.12. The number of thioether (sulfide) groups is 1. The molecule has 1 heterocycles. The Balaban J connectivity index is 1.65. The van der Waals surface area contributed by atoms with Crippen LogP contribution in [-0.4, -0.2) is 15.3 Å². The molecule has 3 heteroatoms. The Morgan fingerprint density at radius 1 is 1.13 bits per heavy atom. The third kappa shape index (κ3) is 2.81. The van der Waals surface area contributed by atoms with Gasteiger partial charge in [-0.3, -0.25) is 0 Å². The average molecular weight is 320 g/mol. The van der Waals surface area contributed by atoms with Crippen molar-refractivity contribution in [2.24, 2.45) is 0 Å². The normalized spacial score (nSPS) is 13.6. The summed E-state index contributed by atoms with van der Waals surface area (Å²) in [5, 5.41) is 0.475. The highest BCUT2D eigenvalue weighted by molar-refractivity contribution is 7.99. The second-order valence-electron chi connectivity index (χ2n) is 5.95. The quantitative estimate of drug-likeness (QED) is 0.518. The van der Waals surface area contributed by atoms with E-state index in [1.807, 2.05) is 30.5 Å². The lowest BCUT2D eigenvalue weighted by atomic mass is 10.0. The summed E-state index contributed by atoms with van der Waals surface area (Å²) in [4.78, 5) is 4.17. The first kappa shape index (κ1) is 14.6. The lowest BCUT2D eigenvalue weighted by Gasteiger charge is -2.18. The molecule has 0 saturated heterocycles. The molecule has 0 amide bonds. The number of aromatic nitrogens is 2. The van der Waals surface area contributed by atoms with Gasteiger partial charge in [-0.1, -0.05) is 49.4 Å². The SMILES string of the molecule is CCSC(Cn1ccnc1)c1ccc2c(c1)Cc1ccccc1-2. The topological polar surface area (TPSA) is 17.8 Å². The standard InChI is InChI=1S/C20H20N2S/c1-2-23-20(13-22-10-9-21-14-22)16-7-8-19-17(12-16)11-15-5-3-4-6-18(15)19/h3-10,12,14,20H,2,11,13H2,1H3. The molecule has 1 unspecified atom stereocenters. The van der Waals surface area contributed by atoms with Gasteiger partial charge >= 0.3 is 0 Å². The third-order valence-electron chi connectivity index (χ3n) is 4.49. The molecule has 0 N–H and O–H groups in total. The molecule has 0 fully saturated rings. The lowest BCUT2D eigenvalue weighted by molar-refractivity contribution is 0.683. The van der Waals surface area contributed by atoms with Gasteiger partial charge in [-0.2, -0.15) is 11.8 Å².